The van der Waals surface area contributed by atoms with Crippen LogP contribution in [0, 0.1) is 5.92 Å². The lowest BCUT2D eigenvalue weighted by atomic mass is 10.1. The second-order valence-electron chi connectivity index (χ2n) is 5.17. The molecule has 1 aromatic carbocycles. The molecule has 0 saturated heterocycles. The zero-order chi connectivity index (χ0) is 13.4. The average Bonchev–Trinajstić information content (AvgIpc) is 2.39. The molecule has 1 aromatic rings. The van der Waals surface area contributed by atoms with Crippen LogP contribution in [0.4, 0.5) is 0 Å². The van der Waals surface area contributed by atoms with Crippen molar-refractivity contribution in [2.24, 2.45) is 5.92 Å². The van der Waals surface area contributed by atoms with Crippen molar-refractivity contribution in [1.29, 1.82) is 0 Å². The van der Waals surface area contributed by atoms with Crippen LogP contribution in [0.1, 0.15) is 43.5 Å². The molecule has 0 amide bonds. The van der Waals surface area contributed by atoms with Crippen LogP contribution in [-0.2, 0) is 0 Å². The number of nitrogens with zero attached hydrogens (tertiary/aromatic N) is 1. The average molecular weight is 247 g/mol. The molecule has 0 saturated carbocycles. The molecule has 0 N–H and O–H groups in total. The zero-order valence-corrected chi connectivity index (χ0v) is 11.9. The summed E-state index contributed by atoms with van der Waals surface area (Å²) >= 11 is 0. The highest BCUT2D eigenvalue weighted by atomic mass is 16.1. The van der Waals surface area contributed by atoms with Crippen molar-refractivity contribution in [2.75, 3.05) is 20.1 Å². The first-order chi connectivity index (χ1) is 8.63. The van der Waals surface area contributed by atoms with Gasteiger partial charge in [0.15, 0.2) is 5.78 Å². The Labute approximate surface area is 111 Å². The van der Waals surface area contributed by atoms with Gasteiger partial charge < -0.3 is 4.90 Å². The SMILES string of the molecule is CCC(C)CN(C)CCCC(=O)c1ccccc1. The molecule has 0 aliphatic carbocycles. The summed E-state index contributed by atoms with van der Waals surface area (Å²) in [6.07, 6.45) is 2.81. The summed E-state index contributed by atoms with van der Waals surface area (Å²) in [4.78, 5) is 14.2. The highest BCUT2D eigenvalue weighted by Gasteiger charge is 2.07. The van der Waals surface area contributed by atoms with Crippen molar-refractivity contribution in [3.63, 3.8) is 0 Å². The van der Waals surface area contributed by atoms with Gasteiger partial charge in [-0.1, -0.05) is 50.6 Å². The third-order valence-corrected chi connectivity index (χ3v) is 3.36. The van der Waals surface area contributed by atoms with Crippen molar-refractivity contribution in [3.8, 4) is 0 Å². The standard InChI is InChI=1S/C16H25NO/c1-4-14(2)13-17(3)12-8-11-16(18)15-9-6-5-7-10-15/h5-7,9-10,14H,4,8,11-13H2,1-3H3. The topological polar surface area (TPSA) is 20.3 Å². The number of hydrogen-bond acceptors (Lipinski definition) is 2. The molecule has 2 nitrogen and oxygen atoms in total. The molecule has 0 aliphatic heterocycles. The van der Waals surface area contributed by atoms with E-state index in [0.29, 0.717) is 6.42 Å². The van der Waals surface area contributed by atoms with Gasteiger partial charge in [-0.15, -0.1) is 0 Å². The van der Waals surface area contributed by atoms with Crippen LogP contribution in [0.25, 0.3) is 0 Å². The lowest BCUT2D eigenvalue weighted by molar-refractivity contribution is 0.0975. The largest absolute Gasteiger partial charge is 0.306 e. The molecule has 2 heteroatoms. The zero-order valence-electron chi connectivity index (χ0n) is 11.9. The number of benzene rings is 1. The van der Waals surface area contributed by atoms with E-state index in [4.69, 9.17) is 0 Å². The fourth-order valence-corrected chi connectivity index (χ4v) is 2.03. The van der Waals surface area contributed by atoms with E-state index in [1.54, 1.807) is 0 Å². The molecule has 0 fully saturated rings. The number of ketones is 1. The fourth-order valence-electron chi connectivity index (χ4n) is 2.03. The first-order valence-corrected chi connectivity index (χ1v) is 6.90. The molecule has 0 bridgehead atoms. The van der Waals surface area contributed by atoms with Crippen LogP contribution in [-0.4, -0.2) is 30.8 Å². The van der Waals surface area contributed by atoms with Gasteiger partial charge in [0.1, 0.15) is 0 Å². The normalized spacial score (nSPS) is 12.7. The number of hydrogen-bond donors (Lipinski definition) is 0. The van der Waals surface area contributed by atoms with Gasteiger partial charge in [-0.3, -0.25) is 4.79 Å². The van der Waals surface area contributed by atoms with Crippen LogP contribution in [0.3, 0.4) is 0 Å². The minimum atomic E-state index is 0.257. The molecule has 0 spiro atoms. The Hall–Kier alpha value is -1.15. The summed E-state index contributed by atoms with van der Waals surface area (Å²) < 4.78 is 0. The third-order valence-electron chi connectivity index (χ3n) is 3.36. The van der Waals surface area contributed by atoms with Gasteiger partial charge in [0.05, 0.1) is 0 Å². The van der Waals surface area contributed by atoms with E-state index < -0.39 is 0 Å². The van der Waals surface area contributed by atoms with Crippen LogP contribution in [0.5, 0.6) is 0 Å². The van der Waals surface area contributed by atoms with Crippen LogP contribution < -0.4 is 0 Å². The molecule has 1 unspecified atom stereocenters. The summed E-state index contributed by atoms with van der Waals surface area (Å²) in [5.41, 5.74) is 0.835. The van der Waals surface area contributed by atoms with Gasteiger partial charge in [-0.25, -0.2) is 0 Å². The van der Waals surface area contributed by atoms with Gasteiger partial charge >= 0.3 is 0 Å². The molecular weight excluding hydrogens is 222 g/mol. The smallest absolute Gasteiger partial charge is 0.162 e. The second kappa shape index (κ2) is 8.04. The van der Waals surface area contributed by atoms with Crippen LogP contribution in [0.2, 0.25) is 0 Å². The monoisotopic (exact) mass is 247 g/mol. The molecule has 0 radical (unpaired) electrons. The van der Waals surface area contributed by atoms with E-state index in [0.717, 1.165) is 31.0 Å². The first-order valence-electron chi connectivity index (χ1n) is 6.90. The summed E-state index contributed by atoms with van der Waals surface area (Å²) in [5.74, 6) is 0.993. The number of carbonyl (C=O) groups excluding carboxylic acids is 1. The summed E-state index contributed by atoms with van der Waals surface area (Å²) in [6, 6.07) is 9.57. The minimum absolute atomic E-state index is 0.257. The lowest BCUT2D eigenvalue weighted by Gasteiger charge is -2.20. The van der Waals surface area contributed by atoms with Crippen molar-refractivity contribution in [1.82, 2.24) is 4.90 Å². The molecule has 18 heavy (non-hydrogen) atoms. The van der Waals surface area contributed by atoms with Gasteiger partial charge in [0.2, 0.25) is 0 Å². The fraction of sp³-hybridized carbons (Fsp3) is 0.562. The maximum atomic E-state index is 11.9. The Kier molecular flexibility index (Phi) is 6.66. The highest BCUT2D eigenvalue weighted by molar-refractivity contribution is 5.95. The number of Topliss-reactive ketones (excluding diaryl/α,β-unsaturated/α-hetero) is 1. The van der Waals surface area contributed by atoms with Gasteiger partial charge in [0, 0.05) is 18.5 Å². The minimum Gasteiger partial charge on any atom is -0.306 e. The molecule has 0 aliphatic rings. The second-order valence-corrected chi connectivity index (χ2v) is 5.17. The van der Waals surface area contributed by atoms with E-state index in [1.807, 2.05) is 30.3 Å². The molecule has 0 heterocycles. The summed E-state index contributed by atoms with van der Waals surface area (Å²) in [5, 5.41) is 0. The highest BCUT2D eigenvalue weighted by Crippen LogP contribution is 2.07. The molecule has 1 rings (SSSR count). The van der Waals surface area contributed by atoms with E-state index in [2.05, 4.69) is 25.8 Å². The predicted molar refractivity (Wildman–Crippen MR) is 77.0 cm³/mol. The molecular formula is C16H25NO. The van der Waals surface area contributed by atoms with Crippen molar-refractivity contribution in [2.45, 2.75) is 33.1 Å². The molecule has 1 atom stereocenters. The maximum absolute atomic E-state index is 11.9. The Balaban J connectivity index is 2.24. The van der Waals surface area contributed by atoms with Gasteiger partial charge in [0.25, 0.3) is 0 Å². The predicted octanol–water partition coefficient (Wildman–Crippen LogP) is 3.63. The van der Waals surface area contributed by atoms with Crippen LogP contribution in [0.15, 0.2) is 30.3 Å². The maximum Gasteiger partial charge on any atom is 0.162 e. The van der Waals surface area contributed by atoms with Crippen molar-refractivity contribution >= 4 is 5.78 Å². The van der Waals surface area contributed by atoms with Crippen LogP contribution >= 0.6 is 0 Å². The number of carbonyl (C=O) groups is 1. The van der Waals surface area contributed by atoms with E-state index >= 15 is 0 Å². The Bertz CT molecular complexity index is 347. The van der Waals surface area contributed by atoms with Crippen molar-refractivity contribution in [3.05, 3.63) is 35.9 Å². The van der Waals surface area contributed by atoms with E-state index in [9.17, 15) is 4.79 Å². The van der Waals surface area contributed by atoms with E-state index in [-0.39, 0.29) is 5.78 Å². The quantitative estimate of drug-likeness (QED) is 0.654. The molecule has 0 aromatic heterocycles. The van der Waals surface area contributed by atoms with Gasteiger partial charge in [-0.05, 0) is 25.9 Å². The summed E-state index contributed by atoms with van der Waals surface area (Å²) in [6.45, 7) is 6.61. The molecule has 100 valence electrons. The van der Waals surface area contributed by atoms with Gasteiger partial charge in [-0.2, -0.15) is 0 Å². The third kappa shape index (κ3) is 5.46. The Morgan fingerprint density at radius 2 is 1.94 bits per heavy atom. The Morgan fingerprint density at radius 1 is 1.28 bits per heavy atom. The van der Waals surface area contributed by atoms with E-state index in [1.165, 1.54) is 6.42 Å². The first kappa shape index (κ1) is 14.9. The lowest BCUT2D eigenvalue weighted by Crippen LogP contribution is -2.25. The number of rotatable bonds is 8. The summed E-state index contributed by atoms with van der Waals surface area (Å²) in [7, 11) is 2.14. The Morgan fingerprint density at radius 3 is 2.56 bits per heavy atom. The van der Waals surface area contributed by atoms with Crippen molar-refractivity contribution < 1.29 is 4.79 Å².